The molecule has 1 aliphatic heterocycles. The number of carbonyl (C=O) groups is 1. The van der Waals surface area contributed by atoms with Gasteiger partial charge in [-0.25, -0.2) is 13.1 Å². The zero-order chi connectivity index (χ0) is 15.7. The van der Waals surface area contributed by atoms with Crippen molar-refractivity contribution in [3.05, 3.63) is 29.8 Å². The molecule has 1 amide bonds. The molecule has 1 heterocycles. The highest BCUT2D eigenvalue weighted by molar-refractivity contribution is 7.89. The predicted octanol–water partition coefficient (Wildman–Crippen LogP) is 0.983. The predicted molar refractivity (Wildman–Crippen MR) is 90.4 cm³/mol. The van der Waals surface area contributed by atoms with Crippen molar-refractivity contribution in [2.24, 2.45) is 0 Å². The fourth-order valence-electron chi connectivity index (χ4n) is 2.59. The molecule has 128 valence electrons. The molecule has 1 saturated heterocycles. The summed E-state index contributed by atoms with van der Waals surface area (Å²) in [6, 6.07) is 6.46. The molecule has 1 aliphatic carbocycles. The molecule has 0 spiro atoms. The molecular formula is C15H22ClN3O3S. The van der Waals surface area contributed by atoms with E-state index in [1.165, 1.54) is 12.1 Å². The first-order valence-electron chi connectivity index (χ1n) is 7.61. The summed E-state index contributed by atoms with van der Waals surface area (Å²) >= 11 is 0. The Bertz CT molecular complexity index is 676. The Morgan fingerprint density at radius 2 is 2.09 bits per heavy atom. The van der Waals surface area contributed by atoms with Crippen LogP contribution < -0.4 is 10.0 Å². The molecule has 23 heavy (non-hydrogen) atoms. The molecule has 2 fully saturated rings. The van der Waals surface area contributed by atoms with E-state index in [-0.39, 0.29) is 35.3 Å². The van der Waals surface area contributed by atoms with Crippen molar-refractivity contribution in [1.82, 2.24) is 14.9 Å². The number of sulfonamides is 1. The third kappa shape index (κ3) is 4.23. The monoisotopic (exact) mass is 359 g/mol. The lowest BCUT2D eigenvalue weighted by molar-refractivity contribution is 0.0655. The van der Waals surface area contributed by atoms with Gasteiger partial charge in [0, 0.05) is 37.3 Å². The molecular weight excluding hydrogens is 338 g/mol. The first kappa shape index (κ1) is 18.2. The summed E-state index contributed by atoms with van der Waals surface area (Å²) in [6.07, 6.45) is 1.77. The number of halogens is 1. The van der Waals surface area contributed by atoms with Gasteiger partial charge < -0.3 is 10.2 Å². The van der Waals surface area contributed by atoms with E-state index in [0.29, 0.717) is 12.1 Å². The van der Waals surface area contributed by atoms with Crippen LogP contribution in [0.15, 0.2) is 29.2 Å². The summed E-state index contributed by atoms with van der Waals surface area (Å²) in [5.74, 6) is -0.113. The highest BCUT2D eigenvalue weighted by Crippen LogP contribution is 2.23. The quantitative estimate of drug-likeness (QED) is 0.840. The van der Waals surface area contributed by atoms with E-state index in [9.17, 15) is 13.2 Å². The Labute approximate surface area is 143 Å². The van der Waals surface area contributed by atoms with E-state index < -0.39 is 10.0 Å². The SMILES string of the molecule is CC1CNCCN1C(=O)c1cccc(S(=O)(=O)NC2CC2)c1.Cl. The van der Waals surface area contributed by atoms with Gasteiger partial charge in [-0.3, -0.25) is 4.79 Å². The lowest BCUT2D eigenvalue weighted by atomic mass is 10.1. The second-order valence-corrected chi connectivity index (χ2v) is 7.69. The smallest absolute Gasteiger partial charge is 0.254 e. The molecule has 0 aromatic heterocycles. The summed E-state index contributed by atoms with van der Waals surface area (Å²) in [4.78, 5) is 14.6. The van der Waals surface area contributed by atoms with Crippen LogP contribution in [0.4, 0.5) is 0 Å². The Kier molecular flexibility index (Phi) is 5.67. The summed E-state index contributed by atoms with van der Waals surface area (Å²) in [6.45, 7) is 4.14. The largest absolute Gasteiger partial charge is 0.333 e. The maximum Gasteiger partial charge on any atom is 0.254 e. The number of hydrogen-bond donors (Lipinski definition) is 2. The topological polar surface area (TPSA) is 78.5 Å². The second-order valence-electron chi connectivity index (χ2n) is 5.98. The molecule has 6 nitrogen and oxygen atoms in total. The van der Waals surface area contributed by atoms with E-state index >= 15 is 0 Å². The van der Waals surface area contributed by atoms with E-state index in [2.05, 4.69) is 10.0 Å². The molecule has 8 heteroatoms. The fraction of sp³-hybridized carbons (Fsp3) is 0.533. The molecule has 1 aromatic carbocycles. The number of rotatable bonds is 4. The van der Waals surface area contributed by atoms with E-state index in [0.717, 1.165) is 25.9 Å². The number of nitrogens with zero attached hydrogens (tertiary/aromatic N) is 1. The number of carbonyl (C=O) groups excluding carboxylic acids is 1. The first-order valence-corrected chi connectivity index (χ1v) is 9.10. The summed E-state index contributed by atoms with van der Waals surface area (Å²) in [7, 11) is -3.53. The molecule has 1 unspecified atom stereocenters. The van der Waals surface area contributed by atoms with Gasteiger partial charge in [0.05, 0.1) is 4.90 Å². The zero-order valence-corrected chi connectivity index (χ0v) is 14.6. The van der Waals surface area contributed by atoms with E-state index in [1.807, 2.05) is 6.92 Å². The summed E-state index contributed by atoms with van der Waals surface area (Å²) < 4.78 is 27.1. The van der Waals surface area contributed by atoms with Crippen LogP contribution in [0.2, 0.25) is 0 Å². The highest BCUT2D eigenvalue weighted by atomic mass is 35.5. The van der Waals surface area contributed by atoms with Crippen LogP contribution in [0.1, 0.15) is 30.1 Å². The van der Waals surface area contributed by atoms with Crippen LogP contribution in [0.3, 0.4) is 0 Å². The molecule has 3 rings (SSSR count). The molecule has 1 aromatic rings. The van der Waals surface area contributed by atoms with Gasteiger partial charge in [-0.05, 0) is 38.0 Å². The van der Waals surface area contributed by atoms with E-state index in [1.54, 1.807) is 17.0 Å². The Morgan fingerprint density at radius 3 is 2.74 bits per heavy atom. The Morgan fingerprint density at radius 1 is 1.35 bits per heavy atom. The maximum atomic E-state index is 12.6. The first-order chi connectivity index (χ1) is 10.5. The number of hydrogen-bond acceptors (Lipinski definition) is 4. The van der Waals surface area contributed by atoms with Crippen molar-refractivity contribution in [3.8, 4) is 0 Å². The zero-order valence-electron chi connectivity index (χ0n) is 13.0. The molecule has 1 atom stereocenters. The van der Waals surface area contributed by atoms with Gasteiger partial charge in [-0.1, -0.05) is 6.07 Å². The van der Waals surface area contributed by atoms with Crippen LogP contribution in [0.25, 0.3) is 0 Å². The summed E-state index contributed by atoms with van der Waals surface area (Å²) in [5.41, 5.74) is 0.424. The third-order valence-corrected chi connectivity index (χ3v) is 5.57. The Hall–Kier alpha value is -1.15. The van der Waals surface area contributed by atoms with Crippen molar-refractivity contribution in [3.63, 3.8) is 0 Å². The molecule has 2 aliphatic rings. The molecule has 2 N–H and O–H groups in total. The highest BCUT2D eigenvalue weighted by Gasteiger charge is 2.29. The number of amides is 1. The molecule has 0 radical (unpaired) electrons. The fourth-order valence-corrected chi connectivity index (χ4v) is 3.94. The van der Waals surface area contributed by atoms with Crippen molar-refractivity contribution in [2.45, 2.75) is 36.7 Å². The second kappa shape index (κ2) is 7.17. The van der Waals surface area contributed by atoms with Crippen LogP contribution in [-0.4, -0.2) is 50.9 Å². The van der Waals surface area contributed by atoms with Crippen molar-refractivity contribution in [1.29, 1.82) is 0 Å². The molecule has 1 saturated carbocycles. The van der Waals surface area contributed by atoms with Gasteiger partial charge in [0.2, 0.25) is 10.0 Å². The van der Waals surface area contributed by atoms with Gasteiger partial charge in [-0.15, -0.1) is 12.4 Å². The van der Waals surface area contributed by atoms with E-state index in [4.69, 9.17) is 0 Å². The number of nitrogens with one attached hydrogen (secondary N) is 2. The van der Waals surface area contributed by atoms with Gasteiger partial charge in [0.1, 0.15) is 0 Å². The van der Waals surface area contributed by atoms with Crippen LogP contribution in [-0.2, 0) is 10.0 Å². The standard InChI is InChI=1S/C15H21N3O3S.ClH/c1-11-10-16-7-8-18(11)15(19)12-3-2-4-14(9-12)22(20,21)17-13-5-6-13;/h2-4,9,11,13,16-17H,5-8,10H2,1H3;1H. The lowest BCUT2D eigenvalue weighted by Crippen LogP contribution is -2.52. The van der Waals surface area contributed by atoms with Gasteiger partial charge in [0.15, 0.2) is 0 Å². The maximum absolute atomic E-state index is 12.6. The van der Waals surface area contributed by atoms with Crippen LogP contribution in [0, 0.1) is 0 Å². The number of piperazine rings is 1. The minimum atomic E-state index is -3.53. The summed E-state index contributed by atoms with van der Waals surface area (Å²) in [5, 5.41) is 3.24. The molecule has 0 bridgehead atoms. The van der Waals surface area contributed by atoms with Crippen LogP contribution in [0.5, 0.6) is 0 Å². The van der Waals surface area contributed by atoms with Gasteiger partial charge >= 0.3 is 0 Å². The van der Waals surface area contributed by atoms with Crippen molar-refractivity contribution in [2.75, 3.05) is 19.6 Å². The minimum Gasteiger partial charge on any atom is -0.333 e. The average molecular weight is 360 g/mol. The van der Waals surface area contributed by atoms with Crippen molar-refractivity contribution < 1.29 is 13.2 Å². The minimum absolute atomic E-state index is 0. The normalized spacial score (nSPS) is 21.6. The lowest BCUT2D eigenvalue weighted by Gasteiger charge is -2.34. The third-order valence-electron chi connectivity index (χ3n) is 4.05. The van der Waals surface area contributed by atoms with Crippen LogP contribution >= 0.6 is 12.4 Å². The van der Waals surface area contributed by atoms with Gasteiger partial charge in [-0.2, -0.15) is 0 Å². The van der Waals surface area contributed by atoms with Gasteiger partial charge in [0.25, 0.3) is 5.91 Å². The Balaban J connectivity index is 0.00000192. The average Bonchev–Trinajstić information content (AvgIpc) is 3.30. The number of benzene rings is 1. The van der Waals surface area contributed by atoms with Crippen molar-refractivity contribution >= 4 is 28.3 Å².